The minimum Gasteiger partial charge on any atom is -0.463 e. The van der Waals surface area contributed by atoms with Crippen LogP contribution in [0.4, 0.5) is 0 Å². The number of aryl methyl sites for hydroxylation is 1. The summed E-state index contributed by atoms with van der Waals surface area (Å²) in [5, 5.41) is 4.68. The van der Waals surface area contributed by atoms with Crippen LogP contribution in [-0.4, -0.2) is 27.0 Å². The van der Waals surface area contributed by atoms with Crippen molar-refractivity contribution >= 4 is 17.0 Å². The van der Waals surface area contributed by atoms with Gasteiger partial charge >= 0.3 is 0 Å². The highest BCUT2D eigenvalue weighted by Crippen LogP contribution is 2.29. The predicted molar refractivity (Wildman–Crippen MR) is 110 cm³/mol. The highest BCUT2D eigenvalue weighted by atomic mass is 16.5. The van der Waals surface area contributed by atoms with Crippen molar-refractivity contribution in [3.63, 3.8) is 0 Å². The van der Waals surface area contributed by atoms with E-state index in [1.807, 2.05) is 48.2 Å². The maximum atomic E-state index is 13.7. The molecule has 0 bridgehead atoms. The Kier molecular flexibility index (Phi) is 5.16. The number of hydrogen-bond donors (Lipinski definition) is 0. The van der Waals surface area contributed by atoms with Gasteiger partial charge in [-0.25, -0.2) is 4.98 Å². The van der Waals surface area contributed by atoms with E-state index in [1.54, 1.807) is 18.4 Å². The third kappa shape index (κ3) is 3.66. The maximum absolute atomic E-state index is 13.7. The Morgan fingerprint density at radius 1 is 1.17 bits per heavy atom. The molecule has 3 heterocycles. The summed E-state index contributed by atoms with van der Waals surface area (Å²) in [4.78, 5) is 20.1. The molecule has 0 radical (unpaired) electrons. The van der Waals surface area contributed by atoms with E-state index in [4.69, 9.17) is 8.94 Å². The van der Waals surface area contributed by atoms with Gasteiger partial charge in [-0.05, 0) is 44.0 Å². The van der Waals surface area contributed by atoms with Gasteiger partial charge in [-0.2, -0.15) is 0 Å². The number of amides is 1. The number of hydrogen-bond acceptors (Lipinski definition) is 5. The number of pyridine rings is 1. The highest BCUT2D eigenvalue weighted by Gasteiger charge is 2.26. The lowest BCUT2D eigenvalue weighted by atomic mass is 10.0. The molecule has 1 unspecified atom stereocenters. The van der Waals surface area contributed by atoms with Crippen LogP contribution < -0.4 is 0 Å². The number of rotatable bonds is 6. The van der Waals surface area contributed by atoms with Gasteiger partial charge in [0.1, 0.15) is 5.69 Å². The molecule has 148 valence electrons. The van der Waals surface area contributed by atoms with E-state index in [0.29, 0.717) is 40.4 Å². The second-order valence-electron chi connectivity index (χ2n) is 7.16. The number of carbonyl (C=O) groups excluding carboxylic acids is 1. The van der Waals surface area contributed by atoms with Crippen LogP contribution in [0.3, 0.4) is 0 Å². The van der Waals surface area contributed by atoms with Crippen molar-refractivity contribution in [1.82, 2.24) is 15.0 Å². The fourth-order valence-electron chi connectivity index (χ4n) is 3.40. The van der Waals surface area contributed by atoms with Crippen molar-refractivity contribution < 1.29 is 13.7 Å². The smallest absolute Gasteiger partial charge is 0.259 e. The molecular weight excluding hydrogens is 366 g/mol. The van der Waals surface area contributed by atoms with Crippen molar-refractivity contribution in [2.45, 2.75) is 39.8 Å². The molecule has 0 saturated heterocycles. The summed E-state index contributed by atoms with van der Waals surface area (Å²) in [5.74, 6) is 0.503. The number of benzene rings is 1. The Morgan fingerprint density at radius 2 is 1.97 bits per heavy atom. The number of fused-ring (bicyclic) bond motifs is 1. The topological polar surface area (TPSA) is 72.4 Å². The Labute approximate surface area is 169 Å². The van der Waals surface area contributed by atoms with E-state index in [0.717, 1.165) is 12.0 Å². The van der Waals surface area contributed by atoms with Crippen molar-refractivity contribution in [2.24, 2.45) is 0 Å². The largest absolute Gasteiger partial charge is 0.463 e. The average Bonchev–Trinajstić information content (AvgIpc) is 3.41. The number of carbonyl (C=O) groups is 1. The first kappa shape index (κ1) is 18.9. The van der Waals surface area contributed by atoms with Crippen LogP contribution in [0.5, 0.6) is 0 Å². The number of aromatic nitrogens is 2. The molecule has 6 nitrogen and oxygen atoms in total. The predicted octanol–water partition coefficient (Wildman–Crippen LogP) is 5.23. The van der Waals surface area contributed by atoms with Crippen LogP contribution in [-0.2, 0) is 6.54 Å². The first-order valence-electron chi connectivity index (χ1n) is 9.74. The normalized spacial score (nSPS) is 12.2. The van der Waals surface area contributed by atoms with Crippen molar-refractivity contribution in [3.05, 3.63) is 71.6 Å². The maximum Gasteiger partial charge on any atom is 0.259 e. The van der Waals surface area contributed by atoms with E-state index >= 15 is 0 Å². The summed E-state index contributed by atoms with van der Waals surface area (Å²) < 4.78 is 10.9. The van der Waals surface area contributed by atoms with Gasteiger partial charge in [0.15, 0.2) is 5.76 Å². The minimum atomic E-state index is -0.0743. The molecule has 0 fully saturated rings. The first-order valence-corrected chi connectivity index (χ1v) is 9.74. The van der Waals surface area contributed by atoms with Crippen LogP contribution in [0.15, 0.2) is 63.7 Å². The summed E-state index contributed by atoms with van der Waals surface area (Å²) in [6.45, 7) is 6.49. The molecule has 1 amide bonds. The van der Waals surface area contributed by atoms with E-state index < -0.39 is 0 Å². The van der Waals surface area contributed by atoms with Gasteiger partial charge in [0.2, 0.25) is 0 Å². The van der Waals surface area contributed by atoms with Gasteiger partial charge in [-0.1, -0.05) is 42.4 Å². The van der Waals surface area contributed by atoms with Crippen LogP contribution >= 0.6 is 0 Å². The van der Waals surface area contributed by atoms with Gasteiger partial charge in [0.25, 0.3) is 11.6 Å². The summed E-state index contributed by atoms with van der Waals surface area (Å²) in [6.07, 6.45) is 2.43. The summed E-state index contributed by atoms with van der Waals surface area (Å²) in [6, 6.07) is 15.4. The van der Waals surface area contributed by atoms with E-state index in [2.05, 4.69) is 24.0 Å². The zero-order valence-electron chi connectivity index (χ0n) is 16.8. The number of nitrogens with zero attached hydrogens (tertiary/aromatic N) is 3. The highest BCUT2D eigenvalue weighted by molar-refractivity contribution is 6.07. The van der Waals surface area contributed by atoms with Crippen molar-refractivity contribution in [3.8, 4) is 11.5 Å². The zero-order chi connectivity index (χ0) is 20.4. The van der Waals surface area contributed by atoms with Gasteiger partial charge in [0.05, 0.1) is 22.9 Å². The lowest BCUT2D eigenvalue weighted by molar-refractivity contribution is 0.0673. The van der Waals surface area contributed by atoms with Gasteiger partial charge in [-0.3, -0.25) is 4.79 Å². The Balaban J connectivity index is 1.82. The van der Waals surface area contributed by atoms with Crippen LogP contribution in [0.25, 0.3) is 22.6 Å². The second kappa shape index (κ2) is 7.91. The van der Waals surface area contributed by atoms with Gasteiger partial charge < -0.3 is 13.8 Å². The van der Waals surface area contributed by atoms with Gasteiger partial charge in [-0.15, -0.1) is 0 Å². The lowest BCUT2D eigenvalue weighted by Gasteiger charge is -2.29. The molecule has 0 N–H and O–H groups in total. The van der Waals surface area contributed by atoms with Crippen molar-refractivity contribution in [2.75, 3.05) is 0 Å². The summed E-state index contributed by atoms with van der Waals surface area (Å²) in [5.41, 5.74) is 3.14. The Hall–Kier alpha value is -3.41. The van der Waals surface area contributed by atoms with E-state index in [-0.39, 0.29) is 11.9 Å². The molecule has 1 aromatic carbocycles. The molecule has 0 saturated carbocycles. The molecule has 4 aromatic rings. The lowest BCUT2D eigenvalue weighted by Crippen LogP contribution is -2.38. The Bertz CT molecular complexity index is 1120. The summed E-state index contributed by atoms with van der Waals surface area (Å²) in [7, 11) is 0. The molecule has 0 spiro atoms. The third-order valence-electron chi connectivity index (χ3n) is 5.20. The first-order chi connectivity index (χ1) is 14.1. The average molecular weight is 389 g/mol. The molecule has 29 heavy (non-hydrogen) atoms. The monoisotopic (exact) mass is 389 g/mol. The molecule has 1 atom stereocenters. The third-order valence-corrected chi connectivity index (χ3v) is 5.20. The fourth-order valence-corrected chi connectivity index (χ4v) is 3.40. The SMILES string of the molecule is CCC(C)N(Cc1ccccc1)C(=O)c1cc(-c2ccco2)nc2onc(C)c12. The quantitative estimate of drug-likeness (QED) is 0.451. The fraction of sp³-hybridized carbons (Fsp3) is 0.261. The number of furan rings is 1. The molecule has 3 aromatic heterocycles. The minimum absolute atomic E-state index is 0.0677. The van der Waals surface area contributed by atoms with E-state index in [9.17, 15) is 4.79 Å². The molecule has 0 aliphatic carbocycles. The van der Waals surface area contributed by atoms with Crippen LogP contribution in [0.1, 0.15) is 41.9 Å². The molecular formula is C23H23N3O3. The molecule has 6 heteroatoms. The van der Waals surface area contributed by atoms with Crippen molar-refractivity contribution in [1.29, 1.82) is 0 Å². The van der Waals surface area contributed by atoms with E-state index in [1.165, 1.54) is 0 Å². The molecule has 0 aliphatic heterocycles. The molecule has 0 aliphatic rings. The standard InChI is InChI=1S/C23H23N3O3/c1-4-15(2)26(14-17-9-6-5-7-10-17)23(27)18-13-19(20-11-8-12-28-20)24-22-21(18)16(3)25-29-22/h5-13,15H,4,14H2,1-3H3. The Morgan fingerprint density at radius 3 is 2.66 bits per heavy atom. The van der Waals surface area contributed by atoms with Crippen LogP contribution in [0, 0.1) is 6.92 Å². The summed E-state index contributed by atoms with van der Waals surface area (Å²) >= 11 is 0. The zero-order valence-corrected chi connectivity index (χ0v) is 16.8. The molecule has 4 rings (SSSR count). The second-order valence-corrected chi connectivity index (χ2v) is 7.16. The van der Waals surface area contributed by atoms with Gasteiger partial charge in [0, 0.05) is 12.6 Å². The van der Waals surface area contributed by atoms with Crippen LogP contribution in [0.2, 0.25) is 0 Å².